The van der Waals surface area contributed by atoms with Crippen LogP contribution in [0.1, 0.15) is 22.8 Å². The molecule has 1 atom stereocenters. The number of carbonyl (C=O) groups is 2. The maximum Gasteiger partial charge on any atom is 0.341 e. The molecule has 3 N–H and O–H groups in total. The fourth-order valence-electron chi connectivity index (χ4n) is 2.08. The van der Waals surface area contributed by atoms with Gasteiger partial charge >= 0.3 is 5.97 Å². The van der Waals surface area contributed by atoms with Crippen LogP contribution in [0.4, 0.5) is 17.1 Å². The number of benzene rings is 2. The average molecular weight is 378 g/mol. The molecule has 0 aromatic heterocycles. The number of anilines is 2. The Morgan fingerprint density at radius 3 is 2.62 bits per heavy atom. The van der Waals surface area contributed by atoms with Crippen LogP contribution in [0, 0.1) is 17.0 Å². The molecule has 0 spiro atoms. The molecule has 0 aliphatic heterocycles. The second-order valence-electron chi connectivity index (χ2n) is 5.52. The summed E-state index contributed by atoms with van der Waals surface area (Å²) in [5.74, 6) is -1.51. The van der Waals surface area contributed by atoms with Gasteiger partial charge in [-0.25, -0.2) is 4.79 Å². The molecule has 0 unspecified atom stereocenters. The van der Waals surface area contributed by atoms with Crippen LogP contribution in [-0.2, 0) is 9.53 Å². The van der Waals surface area contributed by atoms with Gasteiger partial charge in [-0.1, -0.05) is 17.7 Å². The Morgan fingerprint density at radius 1 is 1.27 bits per heavy atom. The molecule has 136 valence electrons. The standard InChI is InChI=1S/C17H16ClN3O5/c1-9-3-4-11(18)7-15(9)20-16(22)10(2)26-17(23)13-8-12(21(24)25)5-6-14(13)19/h3-8,10H,19H2,1-2H3,(H,20,22)/t10-/m1/s1. The lowest BCUT2D eigenvalue weighted by molar-refractivity contribution is -0.384. The molecular weight excluding hydrogens is 362 g/mol. The number of esters is 1. The Labute approximate surface area is 154 Å². The Kier molecular flexibility index (Phi) is 5.78. The van der Waals surface area contributed by atoms with Gasteiger partial charge in [-0.2, -0.15) is 0 Å². The first-order valence-corrected chi connectivity index (χ1v) is 7.88. The summed E-state index contributed by atoms with van der Waals surface area (Å²) in [5, 5.41) is 13.9. The number of nitro groups is 1. The zero-order chi connectivity index (χ0) is 19.4. The minimum atomic E-state index is -1.15. The number of aryl methyl sites for hydroxylation is 1. The van der Waals surface area contributed by atoms with Gasteiger partial charge in [-0.05, 0) is 37.6 Å². The number of nitrogen functional groups attached to an aromatic ring is 1. The van der Waals surface area contributed by atoms with Crippen LogP contribution in [0.25, 0.3) is 0 Å². The smallest absolute Gasteiger partial charge is 0.341 e. The van der Waals surface area contributed by atoms with Gasteiger partial charge in [0.05, 0.1) is 10.5 Å². The summed E-state index contributed by atoms with van der Waals surface area (Å²) in [4.78, 5) is 34.6. The minimum Gasteiger partial charge on any atom is -0.449 e. The number of ether oxygens (including phenoxy) is 1. The van der Waals surface area contributed by atoms with Gasteiger partial charge in [0.15, 0.2) is 6.10 Å². The highest BCUT2D eigenvalue weighted by Gasteiger charge is 2.22. The first-order chi connectivity index (χ1) is 12.2. The molecule has 0 radical (unpaired) electrons. The highest BCUT2D eigenvalue weighted by molar-refractivity contribution is 6.31. The summed E-state index contributed by atoms with van der Waals surface area (Å²) in [5.41, 5.74) is 6.45. The van der Waals surface area contributed by atoms with Crippen molar-refractivity contribution in [1.82, 2.24) is 0 Å². The van der Waals surface area contributed by atoms with Crippen molar-refractivity contribution in [3.8, 4) is 0 Å². The number of nitrogens with two attached hydrogens (primary N) is 1. The van der Waals surface area contributed by atoms with E-state index in [2.05, 4.69) is 5.32 Å². The van der Waals surface area contributed by atoms with E-state index in [1.807, 2.05) is 0 Å². The fourth-order valence-corrected chi connectivity index (χ4v) is 2.25. The van der Waals surface area contributed by atoms with Crippen LogP contribution in [0.15, 0.2) is 36.4 Å². The molecule has 0 saturated heterocycles. The molecule has 26 heavy (non-hydrogen) atoms. The highest BCUT2D eigenvalue weighted by Crippen LogP contribution is 2.22. The topological polar surface area (TPSA) is 125 Å². The van der Waals surface area contributed by atoms with Crippen LogP contribution in [0.5, 0.6) is 0 Å². The Balaban J connectivity index is 2.11. The van der Waals surface area contributed by atoms with Crippen molar-refractivity contribution in [3.63, 3.8) is 0 Å². The molecular formula is C17H16ClN3O5. The molecule has 0 heterocycles. The Bertz CT molecular complexity index is 885. The van der Waals surface area contributed by atoms with Crippen molar-refractivity contribution in [2.45, 2.75) is 20.0 Å². The van der Waals surface area contributed by atoms with Crippen LogP contribution in [0.2, 0.25) is 5.02 Å². The number of rotatable bonds is 5. The summed E-state index contributed by atoms with van der Waals surface area (Å²) in [6.45, 7) is 3.16. The molecule has 0 saturated carbocycles. The van der Waals surface area contributed by atoms with Gasteiger partial charge in [0.2, 0.25) is 0 Å². The number of carbonyl (C=O) groups excluding carboxylic acids is 2. The molecule has 2 aromatic carbocycles. The van der Waals surface area contributed by atoms with Gasteiger partial charge in [0.1, 0.15) is 0 Å². The average Bonchev–Trinajstić information content (AvgIpc) is 2.58. The number of nitrogens with one attached hydrogen (secondary N) is 1. The van der Waals surface area contributed by atoms with Crippen LogP contribution < -0.4 is 11.1 Å². The zero-order valence-corrected chi connectivity index (χ0v) is 14.7. The summed E-state index contributed by atoms with van der Waals surface area (Å²) >= 11 is 5.90. The molecule has 9 heteroatoms. The number of halogens is 1. The Hall–Kier alpha value is -3.13. The van der Waals surface area contributed by atoms with Crippen molar-refractivity contribution >= 4 is 40.5 Å². The second kappa shape index (κ2) is 7.83. The van der Waals surface area contributed by atoms with E-state index in [9.17, 15) is 19.7 Å². The number of non-ortho nitro benzene ring substituents is 1. The molecule has 1 amide bonds. The van der Waals surface area contributed by atoms with Crippen molar-refractivity contribution < 1.29 is 19.2 Å². The number of hydrogen-bond acceptors (Lipinski definition) is 6. The molecule has 0 fully saturated rings. The Morgan fingerprint density at radius 2 is 1.96 bits per heavy atom. The van der Waals surface area contributed by atoms with Gasteiger partial charge < -0.3 is 15.8 Å². The maximum absolute atomic E-state index is 12.2. The summed E-state index contributed by atoms with van der Waals surface area (Å²) in [6.07, 6.45) is -1.15. The van der Waals surface area contributed by atoms with Gasteiger partial charge in [-0.3, -0.25) is 14.9 Å². The molecule has 0 bridgehead atoms. The highest BCUT2D eigenvalue weighted by atomic mass is 35.5. The maximum atomic E-state index is 12.2. The number of amides is 1. The van der Waals surface area contributed by atoms with Crippen molar-refractivity contribution in [1.29, 1.82) is 0 Å². The van der Waals surface area contributed by atoms with Gasteiger partial charge in [0.25, 0.3) is 11.6 Å². The van der Waals surface area contributed by atoms with E-state index in [-0.39, 0.29) is 16.9 Å². The van der Waals surface area contributed by atoms with E-state index in [1.165, 1.54) is 19.1 Å². The largest absolute Gasteiger partial charge is 0.449 e. The normalized spacial score (nSPS) is 11.5. The van der Waals surface area contributed by atoms with Crippen LogP contribution in [-0.4, -0.2) is 22.9 Å². The third kappa shape index (κ3) is 4.48. The van der Waals surface area contributed by atoms with Crippen LogP contribution in [0.3, 0.4) is 0 Å². The minimum absolute atomic E-state index is 0.0129. The lowest BCUT2D eigenvalue weighted by Gasteiger charge is -2.15. The first-order valence-electron chi connectivity index (χ1n) is 7.51. The van der Waals surface area contributed by atoms with E-state index >= 15 is 0 Å². The van der Waals surface area contributed by atoms with Crippen molar-refractivity contribution in [2.24, 2.45) is 0 Å². The van der Waals surface area contributed by atoms with Crippen molar-refractivity contribution in [3.05, 3.63) is 62.7 Å². The summed E-state index contributed by atoms with van der Waals surface area (Å²) in [6, 6.07) is 8.39. The zero-order valence-electron chi connectivity index (χ0n) is 14.0. The van der Waals surface area contributed by atoms with Gasteiger partial charge in [0, 0.05) is 28.5 Å². The second-order valence-corrected chi connectivity index (χ2v) is 5.96. The number of hydrogen-bond donors (Lipinski definition) is 2. The van der Waals surface area contributed by atoms with E-state index in [0.717, 1.165) is 11.6 Å². The molecule has 0 aliphatic carbocycles. The third-order valence-corrected chi connectivity index (χ3v) is 3.81. The molecule has 2 rings (SSSR count). The number of nitro benzene ring substituents is 1. The van der Waals surface area contributed by atoms with E-state index in [1.54, 1.807) is 25.1 Å². The fraction of sp³-hybridized carbons (Fsp3) is 0.176. The lowest BCUT2D eigenvalue weighted by Crippen LogP contribution is -2.30. The molecule has 2 aromatic rings. The van der Waals surface area contributed by atoms with Gasteiger partial charge in [-0.15, -0.1) is 0 Å². The predicted molar refractivity (Wildman–Crippen MR) is 97.2 cm³/mol. The molecule has 0 aliphatic rings. The van der Waals surface area contributed by atoms with E-state index < -0.39 is 22.9 Å². The number of nitrogens with zero attached hydrogens (tertiary/aromatic N) is 1. The summed E-state index contributed by atoms with van der Waals surface area (Å²) in [7, 11) is 0. The summed E-state index contributed by atoms with van der Waals surface area (Å²) < 4.78 is 5.07. The third-order valence-electron chi connectivity index (χ3n) is 3.58. The van der Waals surface area contributed by atoms with Crippen molar-refractivity contribution in [2.75, 3.05) is 11.1 Å². The molecule has 8 nitrogen and oxygen atoms in total. The SMILES string of the molecule is Cc1ccc(Cl)cc1NC(=O)[C@@H](C)OC(=O)c1cc([N+](=O)[O-])ccc1N. The van der Waals surface area contributed by atoms with E-state index in [0.29, 0.717) is 10.7 Å². The van der Waals surface area contributed by atoms with Crippen LogP contribution >= 0.6 is 11.6 Å². The predicted octanol–water partition coefficient (Wildman–Crippen LogP) is 3.32. The van der Waals surface area contributed by atoms with E-state index in [4.69, 9.17) is 22.1 Å². The quantitative estimate of drug-likeness (QED) is 0.356. The lowest BCUT2D eigenvalue weighted by atomic mass is 10.1. The first kappa shape index (κ1) is 19.2. The monoisotopic (exact) mass is 377 g/mol.